The van der Waals surface area contributed by atoms with Crippen LogP contribution >= 0.6 is 0 Å². The molecule has 0 aliphatic heterocycles. The summed E-state index contributed by atoms with van der Waals surface area (Å²) in [6, 6.07) is 13.1. The predicted molar refractivity (Wildman–Crippen MR) is 117 cm³/mol. The zero-order chi connectivity index (χ0) is 22.9. The number of carbonyl (C=O) groups is 3. The van der Waals surface area contributed by atoms with Crippen LogP contribution in [0.25, 0.3) is 11.0 Å². The van der Waals surface area contributed by atoms with Gasteiger partial charge >= 0.3 is 11.9 Å². The second-order valence-corrected chi connectivity index (χ2v) is 6.95. The van der Waals surface area contributed by atoms with Crippen LogP contribution in [0.15, 0.2) is 59.5 Å². The molecule has 0 atom stereocenters. The van der Waals surface area contributed by atoms with Crippen molar-refractivity contribution in [3.05, 3.63) is 70.6 Å². The molecule has 0 saturated heterocycles. The fraction of sp³-hybridized carbons (Fsp3) is 0.261. The van der Waals surface area contributed by atoms with Crippen molar-refractivity contribution in [3.63, 3.8) is 0 Å². The number of nitrogens with zero attached hydrogens (tertiary/aromatic N) is 2. The fourth-order valence-electron chi connectivity index (χ4n) is 2.88. The molecule has 1 amide bonds. The highest BCUT2D eigenvalue weighted by atomic mass is 16.5. The van der Waals surface area contributed by atoms with E-state index in [4.69, 9.17) is 9.47 Å². The summed E-state index contributed by atoms with van der Waals surface area (Å²) >= 11 is 0. The highest BCUT2D eigenvalue weighted by Crippen LogP contribution is 2.11. The molecule has 0 fully saturated rings. The molecular formula is C23H23N3O6. The molecule has 0 aliphatic rings. The Kier molecular flexibility index (Phi) is 7.69. The van der Waals surface area contributed by atoms with Crippen LogP contribution in [0.1, 0.15) is 30.1 Å². The van der Waals surface area contributed by atoms with Crippen molar-refractivity contribution >= 4 is 34.6 Å². The molecule has 9 heteroatoms. The largest absolute Gasteiger partial charge is 0.462 e. The number of nitrogens with one attached hydrogen (secondary N) is 1. The van der Waals surface area contributed by atoms with Gasteiger partial charge in [-0.25, -0.2) is 9.78 Å². The summed E-state index contributed by atoms with van der Waals surface area (Å²) in [6.45, 7) is 1.51. The van der Waals surface area contributed by atoms with Gasteiger partial charge in [-0.2, -0.15) is 0 Å². The topological polar surface area (TPSA) is 117 Å². The smallest absolute Gasteiger partial charge is 0.338 e. The Bertz CT molecular complexity index is 1170. The molecule has 1 aromatic heterocycles. The maximum absolute atomic E-state index is 12.2. The number of para-hydroxylation sites is 2. The number of anilines is 1. The second-order valence-electron chi connectivity index (χ2n) is 6.95. The van der Waals surface area contributed by atoms with Gasteiger partial charge in [-0.1, -0.05) is 25.5 Å². The van der Waals surface area contributed by atoms with Gasteiger partial charge in [-0.05, 0) is 42.8 Å². The molecule has 0 bridgehead atoms. The van der Waals surface area contributed by atoms with E-state index in [1.807, 2.05) is 6.92 Å². The molecule has 0 radical (unpaired) electrons. The third-order valence-electron chi connectivity index (χ3n) is 4.54. The van der Waals surface area contributed by atoms with Crippen LogP contribution in [-0.2, 0) is 25.6 Å². The lowest BCUT2D eigenvalue weighted by molar-refractivity contribution is -0.147. The third-order valence-corrected chi connectivity index (χ3v) is 4.54. The lowest BCUT2D eigenvalue weighted by atomic mass is 10.2. The van der Waals surface area contributed by atoms with Crippen LogP contribution in [0, 0.1) is 0 Å². The highest BCUT2D eigenvalue weighted by molar-refractivity contribution is 5.94. The maximum Gasteiger partial charge on any atom is 0.338 e. The Hall–Kier alpha value is -4.01. The van der Waals surface area contributed by atoms with Gasteiger partial charge in [-0.15, -0.1) is 0 Å². The zero-order valence-corrected chi connectivity index (χ0v) is 17.6. The monoisotopic (exact) mass is 437 g/mol. The zero-order valence-electron chi connectivity index (χ0n) is 17.6. The summed E-state index contributed by atoms with van der Waals surface area (Å²) in [6.07, 6.45) is 2.86. The molecular weight excluding hydrogens is 414 g/mol. The predicted octanol–water partition coefficient (Wildman–Crippen LogP) is 2.54. The standard InChI is InChI=1S/C23H23N3O6/c1-2-3-12-31-23(30)16-8-10-17(11-9-16)25-20(27)15-32-22(29)14-26-19-7-5-4-6-18(19)24-13-21(26)28/h4-11,13H,2-3,12,14-15H2,1H3,(H,25,27). The van der Waals surface area contributed by atoms with Gasteiger partial charge < -0.3 is 14.8 Å². The van der Waals surface area contributed by atoms with Crippen molar-refractivity contribution in [1.29, 1.82) is 0 Å². The number of esters is 2. The van der Waals surface area contributed by atoms with Crippen LogP contribution in [0.2, 0.25) is 0 Å². The van der Waals surface area contributed by atoms with E-state index in [0.29, 0.717) is 28.9 Å². The first-order chi connectivity index (χ1) is 15.5. The van der Waals surface area contributed by atoms with Crippen molar-refractivity contribution in [2.45, 2.75) is 26.3 Å². The van der Waals surface area contributed by atoms with Gasteiger partial charge in [-0.3, -0.25) is 19.0 Å². The minimum Gasteiger partial charge on any atom is -0.462 e. The van der Waals surface area contributed by atoms with Crippen LogP contribution in [0.5, 0.6) is 0 Å². The van der Waals surface area contributed by atoms with E-state index in [2.05, 4.69) is 10.3 Å². The first-order valence-electron chi connectivity index (χ1n) is 10.1. The number of rotatable bonds is 9. The molecule has 166 valence electrons. The molecule has 0 saturated carbocycles. The van der Waals surface area contributed by atoms with Gasteiger partial charge in [0.15, 0.2) is 6.61 Å². The summed E-state index contributed by atoms with van der Waals surface area (Å²) in [5, 5.41) is 2.57. The van der Waals surface area contributed by atoms with E-state index < -0.39 is 30.0 Å². The van der Waals surface area contributed by atoms with Gasteiger partial charge in [0.25, 0.3) is 11.5 Å². The van der Waals surface area contributed by atoms with Crippen molar-refractivity contribution in [1.82, 2.24) is 9.55 Å². The minimum absolute atomic E-state index is 0.343. The molecule has 2 aromatic carbocycles. The quantitative estimate of drug-likeness (QED) is 0.404. The lowest BCUT2D eigenvalue weighted by Crippen LogP contribution is -2.28. The first-order valence-corrected chi connectivity index (χ1v) is 10.1. The second kappa shape index (κ2) is 10.9. The summed E-state index contributed by atoms with van der Waals surface area (Å²) in [7, 11) is 0. The van der Waals surface area contributed by atoms with Crippen molar-refractivity contribution < 1.29 is 23.9 Å². The molecule has 9 nitrogen and oxygen atoms in total. The van der Waals surface area contributed by atoms with E-state index in [9.17, 15) is 19.2 Å². The maximum atomic E-state index is 12.2. The number of carbonyl (C=O) groups excluding carboxylic acids is 3. The Morgan fingerprint density at radius 3 is 2.53 bits per heavy atom. The molecule has 1 heterocycles. The summed E-state index contributed by atoms with van der Waals surface area (Å²) in [5.41, 5.74) is 1.43. The first kappa shape index (κ1) is 22.7. The normalized spacial score (nSPS) is 10.5. The van der Waals surface area contributed by atoms with Gasteiger partial charge in [0.2, 0.25) is 0 Å². The average Bonchev–Trinajstić information content (AvgIpc) is 2.80. The highest BCUT2D eigenvalue weighted by Gasteiger charge is 2.13. The number of hydrogen-bond acceptors (Lipinski definition) is 7. The van der Waals surface area contributed by atoms with Crippen LogP contribution in [0.4, 0.5) is 5.69 Å². The van der Waals surface area contributed by atoms with E-state index >= 15 is 0 Å². The van der Waals surface area contributed by atoms with E-state index in [0.717, 1.165) is 19.0 Å². The van der Waals surface area contributed by atoms with Gasteiger partial charge in [0.05, 0.1) is 29.4 Å². The number of ether oxygens (including phenoxy) is 2. The Balaban J connectivity index is 1.51. The molecule has 0 spiro atoms. The number of amides is 1. The van der Waals surface area contributed by atoms with Crippen molar-refractivity contribution in [3.8, 4) is 0 Å². The number of unbranched alkanes of at least 4 members (excludes halogenated alkanes) is 1. The Morgan fingerprint density at radius 1 is 1.03 bits per heavy atom. The molecule has 0 unspecified atom stereocenters. The SMILES string of the molecule is CCCCOC(=O)c1ccc(NC(=O)COC(=O)Cn2c(=O)cnc3ccccc32)cc1. The summed E-state index contributed by atoms with van der Waals surface area (Å²) in [5.74, 6) is -1.71. The summed E-state index contributed by atoms with van der Waals surface area (Å²) in [4.78, 5) is 52.2. The van der Waals surface area contributed by atoms with Crippen LogP contribution < -0.4 is 10.9 Å². The van der Waals surface area contributed by atoms with Gasteiger partial charge in [0, 0.05) is 5.69 Å². The minimum atomic E-state index is -0.733. The molecule has 3 aromatic rings. The van der Waals surface area contributed by atoms with E-state index in [-0.39, 0.29) is 6.54 Å². The molecule has 1 N–H and O–H groups in total. The number of hydrogen-bond donors (Lipinski definition) is 1. The van der Waals surface area contributed by atoms with Crippen LogP contribution in [0.3, 0.4) is 0 Å². The lowest BCUT2D eigenvalue weighted by Gasteiger charge is -2.10. The number of fused-ring (bicyclic) bond motifs is 1. The average molecular weight is 437 g/mol. The fourth-order valence-corrected chi connectivity index (χ4v) is 2.88. The van der Waals surface area contributed by atoms with Gasteiger partial charge in [0.1, 0.15) is 6.54 Å². The summed E-state index contributed by atoms with van der Waals surface area (Å²) < 4.78 is 11.4. The van der Waals surface area contributed by atoms with E-state index in [1.165, 1.54) is 16.7 Å². The molecule has 0 aliphatic carbocycles. The molecule has 32 heavy (non-hydrogen) atoms. The number of aromatic nitrogens is 2. The Morgan fingerprint density at radius 2 is 1.78 bits per heavy atom. The Labute approximate surface area is 184 Å². The number of benzene rings is 2. The third kappa shape index (κ3) is 6.00. The van der Waals surface area contributed by atoms with Crippen LogP contribution in [-0.4, -0.2) is 40.6 Å². The molecule has 3 rings (SSSR count). The van der Waals surface area contributed by atoms with Crippen molar-refractivity contribution in [2.75, 3.05) is 18.5 Å². The van der Waals surface area contributed by atoms with Crippen molar-refractivity contribution in [2.24, 2.45) is 0 Å². The van der Waals surface area contributed by atoms with E-state index in [1.54, 1.807) is 36.4 Å².